The van der Waals surface area contributed by atoms with E-state index in [2.05, 4.69) is 26.8 Å². The van der Waals surface area contributed by atoms with Gasteiger partial charge in [0.05, 0.1) is 0 Å². The molecule has 2 aromatic carbocycles. The SMILES string of the molecule is CCc1cc2c(c(CC)c1CC)Oc1c(CC)c(O)c(O)c(CC)c1O2. The van der Waals surface area contributed by atoms with Gasteiger partial charge in [-0.25, -0.2) is 0 Å². The van der Waals surface area contributed by atoms with Gasteiger partial charge in [0.25, 0.3) is 0 Å². The number of hydrogen-bond acceptors (Lipinski definition) is 4. The third-order valence-electron chi connectivity index (χ3n) is 5.32. The number of fused-ring (bicyclic) bond motifs is 2. The van der Waals surface area contributed by atoms with Crippen molar-refractivity contribution in [2.45, 2.75) is 66.7 Å². The second-order valence-electron chi connectivity index (χ2n) is 6.60. The molecule has 0 fully saturated rings. The van der Waals surface area contributed by atoms with E-state index in [-0.39, 0.29) is 11.5 Å². The molecule has 0 radical (unpaired) electrons. The molecule has 4 nitrogen and oxygen atoms in total. The maximum Gasteiger partial charge on any atom is 0.177 e. The number of aryl methyl sites for hydroxylation is 1. The predicted octanol–water partition coefficient (Wildman–Crippen LogP) is 5.81. The molecule has 1 heterocycles. The predicted molar refractivity (Wildman–Crippen MR) is 103 cm³/mol. The van der Waals surface area contributed by atoms with Crippen LogP contribution < -0.4 is 9.47 Å². The molecule has 0 bridgehead atoms. The summed E-state index contributed by atoms with van der Waals surface area (Å²) in [5, 5.41) is 20.8. The van der Waals surface area contributed by atoms with Gasteiger partial charge in [-0.3, -0.25) is 0 Å². The molecule has 0 saturated carbocycles. The Labute approximate surface area is 155 Å². The number of aromatic hydroxyl groups is 2. The van der Waals surface area contributed by atoms with Crippen LogP contribution in [0.4, 0.5) is 0 Å². The van der Waals surface area contributed by atoms with Gasteiger partial charge in [0.1, 0.15) is 0 Å². The summed E-state index contributed by atoms with van der Waals surface area (Å²) >= 11 is 0. The summed E-state index contributed by atoms with van der Waals surface area (Å²) in [7, 11) is 0. The van der Waals surface area contributed by atoms with Crippen LogP contribution in [0.15, 0.2) is 6.07 Å². The molecule has 2 aromatic rings. The Morgan fingerprint density at radius 1 is 0.615 bits per heavy atom. The lowest BCUT2D eigenvalue weighted by Crippen LogP contribution is -2.10. The zero-order valence-corrected chi connectivity index (χ0v) is 16.3. The molecule has 0 amide bonds. The fourth-order valence-corrected chi connectivity index (χ4v) is 3.97. The van der Waals surface area contributed by atoms with Crippen LogP contribution in [0.25, 0.3) is 0 Å². The standard InChI is InChI=1S/C22H28O4/c1-6-12-11-17-20(14(8-3)13(12)7-2)26-22-16(10-5)19(24)18(23)15(9-4)21(22)25-17/h11,23-24H,6-10H2,1-5H3. The fraction of sp³-hybridized carbons (Fsp3) is 0.455. The first-order chi connectivity index (χ1) is 12.5. The van der Waals surface area contributed by atoms with Gasteiger partial charge in [-0.15, -0.1) is 0 Å². The third-order valence-corrected chi connectivity index (χ3v) is 5.32. The van der Waals surface area contributed by atoms with E-state index in [1.54, 1.807) is 0 Å². The number of hydrogen-bond donors (Lipinski definition) is 2. The van der Waals surface area contributed by atoms with Gasteiger partial charge in [0, 0.05) is 16.7 Å². The van der Waals surface area contributed by atoms with E-state index in [1.165, 1.54) is 16.7 Å². The van der Waals surface area contributed by atoms with Crippen LogP contribution in [-0.2, 0) is 32.1 Å². The van der Waals surface area contributed by atoms with Gasteiger partial charge in [-0.05, 0) is 49.3 Å². The summed E-state index contributed by atoms with van der Waals surface area (Å²) in [4.78, 5) is 0. The molecule has 0 atom stereocenters. The van der Waals surface area contributed by atoms with E-state index in [9.17, 15) is 10.2 Å². The largest absolute Gasteiger partial charge is 0.504 e. The van der Waals surface area contributed by atoms with Gasteiger partial charge < -0.3 is 19.7 Å². The normalized spacial score (nSPS) is 12.2. The van der Waals surface area contributed by atoms with Crippen molar-refractivity contribution in [3.8, 4) is 34.5 Å². The van der Waals surface area contributed by atoms with Crippen molar-refractivity contribution in [2.75, 3.05) is 0 Å². The molecule has 1 aliphatic rings. The van der Waals surface area contributed by atoms with Crippen molar-refractivity contribution < 1.29 is 19.7 Å². The van der Waals surface area contributed by atoms with Crippen molar-refractivity contribution in [3.05, 3.63) is 33.9 Å². The van der Waals surface area contributed by atoms with Crippen molar-refractivity contribution in [1.29, 1.82) is 0 Å². The average molecular weight is 356 g/mol. The molecule has 140 valence electrons. The number of benzene rings is 2. The highest BCUT2D eigenvalue weighted by Gasteiger charge is 2.32. The highest BCUT2D eigenvalue weighted by atomic mass is 16.6. The minimum Gasteiger partial charge on any atom is -0.504 e. The minimum atomic E-state index is -0.105. The van der Waals surface area contributed by atoms with Crippen molar-refractivity contribution in [2.24, 2.45) is 0 Å². The molecule has 2 N–H and O–H groups in total. The van der Waals surface area contributed by atoms with E-state index in [0.717, 1.165) is 25.0 Å². The van der Waals surface area contributed by atoms with Crippen LogP contribution in [0.3, 0.4) is 0 Å². The molecule has 3 rings (SSSR count). The third kappa shape index (κ3) is 2.59. The maximum absolute atomic E-state index is 10.4. The number of phenols is 2. The van der Waals surface area contributed by atoms with Crippen LogP contribution in [0.2, 0.25) is 0 Å². The quantitative estimate of drug-likeness (QED) is 0.567. The van der Waals surface area contributed by atoms with Crippen molar-refractivity contribution >= 4 is 0 Å². The molecule has 0 spiro atoms. The first kappa shape index (κ1) is 18.4. The van der Waals surface area contributed by atoms with E-state index in [1.807, 2.05) is 13.8 Å². The summed E-state index contributed by atoms with van der Waals surface area (Å²) in [5.74, 6) is 2.30. The second-order valence-corrected chi connectivity index (χ2v) is 6.60. The summed E-state index contributed by atoms with van der Waals surface area (Å²) in [5.41, 5.74) is 4.92. The van der Waals surface area contributed by atoms with Gasteiger partial charge in [-0.1, -0.05) is 34.6 Å². The Morgan fingerprint density at radius 2 is 1.12 bits per heavy atom. The molecule has 1 aliphatic heterocycles. The molecule has 4 heteroatoms. The Kier molecular flexibility index (Phi) is 5.03. The zero-order valence-electron chi connectivity index (χ0n) is 16.3. The lowest BCUT2D eigenvalue weighted by atomic mass is 9.93. The molecule has 0 aliphatic carbocycles. The summed E-state index contributed by atoms with van der Waals surface area (Å²) < 4.78 is 12.6. The first-order valence-corrected chi connectivity index (χ1v) is 9.64. The molecule has 26 heavy (non-hydrogen) atoms. The highest BCUT2D eigenvalue weighted by Crippen LogP contribution is 2.56. The van der Waals surface area contributed by atoms with Crippen molar-refractivity contribution in [3.63, 3.8) is 0 Å². The van der Waals surface area contributed by atoms with Crippen LogP contribution in [-0.4, -0.2) is 10.2 Å². The van der Waals surface area contributed by atoms with Gasteiger partial charge >= 0.3 is 0 Å². The number of rotatable bonds is 5. The minimum absolute atomic E-state index is 0.103. The van der Waals surface area contributed by atoms with E-state index >= 15 is 0 Å². The summed E-state index contributed by atoms with van der Waals surface area (Å²) in [6.45, 7) is 10.3. The Bertz CT molecular complexity index is 852. The molecular formula is C22H28O4. The average Bonchev–Trinajstić information content (AvgIpc) is 2.66. The Morgan fingerprint density at radius 3 is 1.58 bits per heavy atom. The van der Waals surface area contributed by atoms with Crippen LogP contribution >= 0.6 is 0 Å². The van der Waals surface area contributed by atoms with Gasteiger partial charge in [0.15, 0.2) is 34.5 Å². The van der Waals surface area contributed by atoms with E-state index < -0.39 is 0 Å². The Balaban J connectivity index is 2.29. The van der Waals surface area contributed by atoms with Gasteiger partial charge in [0.2, 0.25) is 0 Å². The smallest absolute Gasteiger partial charge is 0.177 e. The first-order valence-electron chi connectivity index (χ1n) is 9.64. The topological polar surface area (TPSA) is 58.9 Å². The molecular weight excluding hydrogens is 328 g/mol. The van der Waals surface area contributed by atoms with E-state index in [4.69, 9.17) is 9.47 Å². The molecule has 0 aromatic heterocycles. The Hall–Kier alpha value is -2.36. The zero-order chi connectivity index (χ0) is 19.0. The summed E-state index contributed by atoms with van der Waals surface area (Å²) in [6.07, 6.45) is 3.81. The fourth-order valence-electron chi connectivity index (χ4n) is 3.97. The molecule has 0 saturated heterocycles. The lowest BCUT2D eigenvalue weighted by molar-refractivity contribution is 0.333. The second kappa shape index (κ2) is 7.10. The van der Waals surface area contributed by atoms with Crippen LogP contribution in [0, 0.1) is 0 Å². The number of ether oxygens (including phenoxy) is 2. The van der Waals surface area contributed by atoms with Crippen LogP contribution in [0.5, 0.6) is 34.5 Å². The molecule has 0 unspecified atom stereocenters. The van der Waals surface area contributed by atoms with E-state index in [0.29, 0.717) is 41.2 Å². The monoisotopic (exact) mass is 356 g/mol. The maximum atomic E-state index is 10.4. The lowest BCUT2D eigenvalue weighted by Gasteiger charge is -2.29. The summed E-state index contributed by atoms with van der Waals surface area (Å²) in [6, 6.07) is 2.06. The highest BCUT2D eigenvalue weighted by molar-refractivity contribution is 5.71. The van der Waals surface area contributed by atoms with Crippen LogP contribution in [0.1, 0.15) is 62.4 Å². The number of phenolic OH excluding ortho intramolecular Hbond substituents is 2. The van der Waals surface area contributed by atoms with Gasteiger partial charge in [-0.2, -0.15) is 0 Å². The van der Waals surface area contributed by atoms with Crippen molar-refractivity contribution in [1.82, 2.24) is 0 Å².